The highest BCUT2D eigenvalue weighted by molar-refractivity contribution is 5.79. The first-order chi connectivity index (χ1) is 12.3. The zero-order valence-electron chi connectivity index (χ0n) is 14.2. The summed E-state index contributed by atoms with van der Waals surface area (Å²) in [7, 11) is 0. The summed E-state index contributed by atoms with van der Waals surface area (Å²) in [5.41, 5.74) is 0.928. The molecule has 1 aliphatic carbocycles. The molecule has 0 unspecified atom stereocenters. The fraction of sp³-hybridized carbons (Fsp3) is 0.526. The van der Waals surface area contributed by atoms with Crippen LogP contribution < -0.4 is 9.47 Å². The molecule has 134 valence electrons. The molecule has 6 nitrogen and oxygen atoms in total. The second-order valence-electron chi connectivity index (χ2n) is 6.59. The van der Waals surface area contributed by atoms with Crippen LogP contribution in [0.3, 0.4) is 0 Å². The van der Waals surface area contributed by atoms with Crippen molar-refractivity contribution in [3.63, 3.8) is 0 Å². The lowest BCUT2D eigenvalue weighted by atomic mass is 10.1. The van der Waals surface area contributed by atoms with Crippen LogP contribution in [-0.2, 0) is 20.7 Å². The summed E-state index contributed by atoms with van der Waals surface area (Å²) in [6.07, 6.45) is 3.93. The van der Waals surface area contributed by atoms with Gasteiger partial charge in [0.2, 0.25) is 12.7 Å². The topological polar surface area (TPSA) is 57.2 Å². The van der Waals surface area contributed by atoms with E-state index in [0.29, 0.717) is 31.9 Å². The average molecular weight is 345 g/mol. The van der Waals surface area contributed by atoms with Gasteiger partial charge in [-0.05, 0) is 30.5 Å². The van der Waals surface area contributed by atoms with E-state index in [-0.39, 0.29) is 30.9 Å². The fourth-order valence-corrected chi connectivity index (χ4v) is 3.93. The van der Waals surface area contributed by atoms with Crippen molar-refractivity contribution in [2.45, 2.75) is 37.5 Å². The third-order valence-corrected chi connectivity index (χ3v) is 5.08. The number of carbonyl (C=O) groups is 1. The Balaban J connectivity index is 1.47. The number of amides is 1. The van der Waals surface area contributed by atoms with Crippen molar-refractivity contribution in [1.29, 1.82) is 0 Å². The lowest BCUT2D eigenvalue weighted by molar-refractivity contribution is -0.134. The highest BCUT2D eigenvalue weighted by Gasteiger charge is 2.44. The van der Waals surface area contributed by atoms with E-state index >= 15 is 0 Å². The van der Waals surface area contributed by atoms with E-state index in [0.717, 1.165) is 24.2 Å². The monoisotopic (exact) mass is 345 g/mol. The molecule has 1 saturated heterocycles. The highest BCUT2D eigenvalue weighted by Crippen LogP contribution is 2.34. The van der Waals surface area contributed by atoms with Gasteiger partial charge in [-0.15, -0.1) is 6.58 Å². The molecule has 1 aromatic rings. The number of ether oxygens (including phenoxy) is 4. The minimum Gasteiger partial charge on any atom is -0.454 e. The number of nitrogens with zero attached hydrogens (tertiary/aromatic N) is 1. The minimum absolute atomic E-state index is 0.0683. The van der Waals surface area contributed by atoms with Gasteiger partial charge in [-0.2, -0.15) is 0 Å². The van der Waals surface area contributed by atoms with Crippen molar-refractivity contribution in [2.75, 3.05) is 26.6 Å². The Morgan fingerprint density at radius 2 is 2.20 bits per heavy atom. The molecule has 1 amide bonds. The molecule has 2 heterocycles. The molecule has 1 saturated carbocycles. The largest absolute Gasteiger partial charge is 0.454 e. The van der Waals surface area contributed by atoms with E-state index in [1.165, 1.54) is 0 Å². The minimum atomic E-state index is -0.0683. The number of fused-ring (bicyclic) bond motifs is 3. The van der Waals surface area contributed by atoms with Gasteiger partial charge in [0.1, 0.15) is 6.10 Å². The summed E-state index contributed by atoms with van der Waals surface area (Å²) in [5.74, 6) is 1.54. The Hall–Kier alpha value is -2.05. The molecule has 3 aliphatic rings. The number of benzene rings is 1. The molecule has 2 bridgehead atoms. The first-order valence-corrected chi connectivity index (χ1v) is 8.78. The highest BCUT2D eigenvalue weighted by atomic mass is 16.7. The lowest BCUT2D eigenvalue weighted by Gasteiger charge is -2.31. The normalized spacial score (nSPS) is 27.2. The summed E-state index contributed by atoms with van der Waals surface area (Å²) >= 11 is 0. The van der Waals surface area contributed by atoms with E-state index in [9.17, 15) is 4.79 Å². The van der Waals surface area contributed by atoms with Crippen LogP contribution in [0.5, 0.6) is 11.5 Å². The molecule has 0 radical (unpaired) electrons. The zero-order valence-corrected chi connectivity index (χ0v) is 14.2. The van der Waals surface area contributed by atoms with Gasteiger partial charge in [0.05, 0.1) is 31.8 Å². The Morgan fingerprint density at radius 1 is 1.32 bits per heavy atom. The molecular formula is C19H23NO5. The Labute approximate surface area is 147 Å². The molecule has 6 heteroatoms. The predicted octanol–water partition coefficient (Wildman–Crippen LogP) is 1.92. The van der Waals surface area contributed by atoms with Crippen molar-refractivity contribution < 1.29 is 23.7 Å². The van der Waals surface area contributed by atoms with Crippen LogP contribution in [0.1, 0.15) is 18.4 Å². The maximum Gasteiger partial charge on any atom is 0.231 e. The van der Waals surface area contributed by atoms with Crippen LogP contribution in [0.15, 0.2) is 30.9 Å². The summed E-state index contributed by atoms with van der Waals surface area (Å²) < 4.78 is 22.5. The van der Waals surface area contributed by atoms with E-state index in [1.54, 1.807) is 6.08 Å². The van der Waals surface area contributed by atoms with Crippen LogP contribution in [0, 0.1) is 0 Å². The molecular weight excluding hydrogens is 322 g/mol. The number of carbonyl (C=O) groups excluding carboxylic acids is 1. The molecule has 25 heavy (non-hydrogen) atoms. The fourth-order valence-electron chi connectivity index (χ4n) is 3.93. The summed E-state index contributed by atoms with van der Waals surface area (Å²) in [5, 5.41) is 0. The predicted molar refractivity (Wildman–Crippen MR) is 90.7 cm³/mol. The first kappa shape index (κ1) is 16.4. The van der Waals surface area contributed by atoms with Crippen molar-refractivity contribution in [2.24, 2.45) is 0 Å². The van der Waals surface area contributed by atoms with Crippen molar-refractivity contribution in [3.8, 4) is 11.5 Å². The standard InChI is InChI=1S/C19H23NO5/c1-2-8-23-19-14-4-6-16(19)22-9-7-20(14)18(21)11-13-3-5-15-17(10-13)25-12-24-15/h2-3,5,10,14,16,19H,1,4,6-9,11-12H2/t14-,16-,19+/m1/s1. The van der Waals surface area contributed by atoms with Gasteiger partial charge in [0.25, 0.3) is 0 Å². The van der Waals surface area contributed by atoms with E-state index < -0.39 is 0 Å². The van der Waals surface area contributed by atoms with Crippen LogP contribution >= 0.6 is 0 Å². The lowest BCUT2D eigenvalue weighted by Crippen LogP contribution is -2.47. The molecule has 2 fully saturated rings. The number of rotatable bonds is 5. The molecule has 0 aromatic heterocycles. The zero-order chi connectivity index (χ0) is 17.2. The Kier molecular flexibility index (Phi) is 4.63. The van der Waals surface area contributed by atoms with Gasteiger partial charge in [-0.3, -0.25) is 4.79 Å². The molecule has 0 spiro atoms. The van der Waals surface area contributed by atoms with Gasteiger partial charge < -0.3 is 23.8 Å². The number of hydrogen-bond donors (Lipinski definition) is 0. The van der Waals surface area contributed by atoms with Crippen LogP contribution in [0.2, 0.25) is 0 Å². The third-order valence-electron chi connectivity index (χ3n) is 5.08. The van der Waals surface area contributed by atoms with Gasteiger partial charge in [0, 0.05) is 6.54 Å². The Bertz CT molecular complexity index is 661. The van der Waals surface area contributed by atoms with E-state index in [1.807, 2.05) is 23.1 Å². The van der Waals surface area contributed by atoms with Gasteiger partial charge >= 0.3 is 0 Å². The van der Waals surface area contributed by atoms with Crippen LogP contribution in [0.4, 0.5) is 0 Å². The van der Waals surface area contributed by atoms with Gasteiger partial charge in [0.15, 0.2) is 11.5 Å². The smallest absolute Gasteiger partial charge is 0.231 e. The molecule has 1 aromatic carbocycles. The SMILES string of the molecule is C=CCO[C@H]1[C@H]2CC[C@H]1OCCN2C(=O)Cc1ccc2c(c1)OCO2. The van der Waals surface area contributed by atoms with Crippen molar-refractivity contribution >= 4 is 5.91 Å². The Morgan fingerprint density at radius 3 is 3.08 bits per heavy atom. The second-order valence-corrected chi connectivity index (χ2v) is 6.59. The summed E-state index contributed by atoms with van der Waals surface area (Å²) in [4.78, 5) is 14.9. The molecule has 3 atom stereocenters. The van der Waals surface area contributed by atoms with Crippen molar-refractivity contribution in [3.05, 3.63) is 36.4 Å². The van der Waals surface area contributed by atoms with Crippen LogP contribution in [0.25, 0.3) is 0 Å². The van der Waals surface area contributed by atoms with E-state index in [2.05, 4.69) is 6.58 Å². The van der Waals surface area contributed by atoms with E-state index in [4.69, 9.17) is 18.9 Å². The number of hydrogen-bond acceptors (Lipinski definition) is 5. The maximum atomic E-state index is 13.0. The maximum absolute atomic E-state index is 13.0. The quantitative estimate of drug-likeness (QED) is 0.763. The summed E-state index contributed by atoms with van der Waals surface area (Å²) in [6, 6.07) is 5.74. The molecule has 4 rings (SSSR count). The van der Waals surface area contributed by atoms with Gasteiger partial charge in [-0.1, -0.05) is 12.1 Å². The first-order valence-electron chi connectivity index (χ1n) is 8.78. The van der Waals surface area contributed by atoms with Crippen LogP contribution in [-0.4, -0.2) is 55.6 Å². The molecule has 0 N–H and O–H groups in total. The molecule has 2 aliphatic heterocycles. The second kappa shape index (κ2) is 7.06. The third kappa shape index (κ3) is 3.24. The average Bonchev–Trinajstić information content (AvgIpc) is 3.16. The summed E-state index contributed by atoms with van der Waals surface area (Å²) in [6.45, 7) is 5.59. The van der Waals surface area contributed by atoms with Crippen molar-refractivity contribution in [1.82, 2.24) is 4.90 Å². The van der Waals surface area contributed by atoms with Gasteiger partial charge in [-0.25, -0.2) is 0 Å².